The molecule has 0 saturated heterocycles. The van der Waals surface area contributed by atoms with Crippen LogP contribution in [0.5, 0.6) is 0 Å². The minimum absolute atomic E-state index is 0.872. The molecule has 1 rings (SSSR count). The molecule has 0 nitrogen and oxygen atoms in total. The molecule has 0 spiro atoms. The van der Waals surface area contributed by atoms with Crippen molar-refractivity contribution in [2.75, 3.05) is 0 Å². The Kier molecular flexibility index (Phi) is 3.24. The summed E-state index contributed by atoms with van der Waals surface area (Å²) in [4.78, 5) is 0. The van der Waals surface area contributed by atoms with Crippen LogP contribution in [0, 0.1) is 18.3 Å². The van der Waals surface area contributed by atoms with Crippen molar-refractivity contribution in [3.8, 4) is 0 Å². The van der Waals surface area contributed by atoms with E-state index in [1.54, 1.807) is 5.92 Å². The van der Waals surface area contributed by atoms with Gasteiger partial charge in [-0.1, -0.05) is 26.7 Å². The van der Waals surface area contributed by atoms with E-state index < -0.39 is 0 Å². The second-order valence-electron chi connectivity index (χ2n) is 3.51. The van der Waals surface area contributed by atoms with Crippen LogP contribution in [0.3, 0.4) is 0 Å². The monoisotopic (exact) mass is 138 g/mol. The Labute approximate surface area is 65.0 Å². The van der Waals surface area contributed by atoms with E-state index in [0.29, 0.717) is 0 Å². The Morgan fingerprint density at radius 2 is 2.20 bits per heavy atom. The van der Waals surface area contributed by atoms with Gasteiger partial charge in [-0.25, -0.2) is 0 Å². The highest BCUT2D eigenvalue weighted by atomic mass is 14.2. The van der Waals surface area contributed by atoms with Crippen LogP contribution in [-0.2, 0) is 0 Å². The molecule has 1 fully saturated rings. The zero-order valence-electron chi connectivity index (χ0n) is 7.19. The van der Waals surface area contributed by atoms with Crippen molar-refractivity contribution in [1.82, 2.24) is 0 Å². The van der Waals surface area contributed by atoms with E-state index in [2.05, 4.69) is 20.3 Å². The smallest absolute Gasteiger partial charge is 0.0244 e. The highest BCUT2D eigenvalue weighted by Crippen LogP contribution is 2.27. The van der Waals surface area contributed by atoms with Crippen LogP contribution < -0.4 is 0 Å². The summed E-state index contributed by atoms with van der Waals surface area (Å²) in [5.74, 6) is 2.59. The molecule has 0 heteroatoms. The summed E-state index contributed by atoms with van der Waals surface area (Å²) >= 11 is 0. The minimum Gasteiger partial charge on any atom is -0.0620 e. The van der Waals surface area contributed by atoms with Crippen LogP contribution in [0.2, 0.25) is 0 Å². The standard InChI is InChI=1S/C10H18/c1-9-7-5-3-4-6-8-10(9)2/h3,9H,4-8H2,1-2H3. The first-order valence-corrected chi connectivity index (χ1v) is 4.44. The van der Waals surface area contributed by atoms with E-state index in [4.69, 9.17) is 0 Å². The summed E-state index contributed by atoms with van der Waals surface area (Å²) in [6.45, 7) is 4.67. The predicted octanol–water partition coefficient (Wildman–Crippen LogP) is 3.39. The topological polar surface area (TPSA) is 0 Å². The molecule has 2 radical (unpaired) electrons. The van der Waals surface area contributed by atoms with Crippen LogP contribution in [0.1, 0.15) is 46.0 Å². The van der Waals surface area contributed by atoms with Crippen molar-refractivity contribution >= 4 is 0 Å². The van der Waals surface area contributed by atoms with Crippen molar-refractivity contribution < 1.29 is 0 Å². The summed E-state index contributed by atoms with van der Waals surface area (Å²) in [5.41, 5.74) is 0. The fourth-order valence-corrected chi connectivity index (χ4v) is 1.53. The van der Waals surface area contributed by atoms with Gasteiger partial charge in [-0.3, -0.25) is 0 Å². The lowest BCUT2D eigenvalue weighted by atomic mass is 9.84. The summed E-state index contributed by atoms with van der Waals surface area (Å²) < 4.78 is 0. The first kappa shape index (κ1) is 8.10. The summed E-state index contributed by atoms with van der Waals surface area (Å²) in [6, 6.07) is 0. The van der Waals surface area contributed by atoms with Gasteiger partial charge in [0.25, 0.3) is 0 Å². The normalized spacial score (nSPS) is 31.2. The molecule has 0 N–H and O–H groups in total. The van der Waals surface area contributed by atoms with Gasteiger partial charge in [0.15, 0.2) is 0 Å². The van der Waals surface area contributed by atoms with Gasteiger partial charge in [0.1, 0.15) is 0 Å². The van der Waals surface area contributed by atoms with Crippen molar-refractivity contribution in [3.63, 3.8) is 0 Å². The quantitative estimate of drug-likeness (QED) is 0.481. The number of rotatable bonds is 0. The van der Waals surface area contributed by atoms with Crippen LogP contribution in [0.15, 0.2) is 0 Å². The van der Waals surface area contributed by atoms with E-state index >= 15 is 0 Å². The molecule has 0 bridgehead atoms. The van der Waals surface area contributed by atoms with Gasteiger partial charge < -0.3 is 0 Å². The molecule has 0 aromatic heterocycles. The van der Waals surface area contributed by atoms with Gasteiger partial charge in [0, 0.05) is 0 Å². The molecule has 0 heterocycles. The average molecular weight is 138 g/mol. The Morgan fingerprint density at radius 1 is 1.40 bits per heavy atom. The highest BCUT2D eigenvalue weighted by molar-refractivity contribution is 4.92. The first-order chi connectivity index (χ1) is 4.80. The molecule has 1 aliphatic carbocycles. The summed E-state index contributed by atoms with van der Waals surface area (Å²) in [6.07, 6.45) is 9.24. The fourth-order valence-electron chi connectivity index (χ4n) is 1.53. The zero-order valence-corrected chi connectivity index (χ0v) is 7.19. The SMILES string of the molecule is C[C]1CCC[CH]CCC1C. The maximum atomic E-state index is 2.45. The van der Waals surface area contributed by atoms with Gasteiger partial charge in [-0.05, 0) is 37.5 Å². The lowest BCUT2D eigenvalue weighted by molar-refractivity contribution is 0.477. The maximum absolute atomic E-state index is 2.45. The van der Waals surface area contributed by atoms with E-state index in [-0.39, 0.29) is 0 Å². The summed E-state index contributed by atoms with van der Waals surface area (Å²) in [7, 11) is 0. The molecule has 0 aliphatic heterocycles. The summed E-state index contributed by atoms with van der Waals surface area (Å²) in [5, 5.41) is 0. The molecule has 0 aromatic rings. The van der Waals surface area contributed by atoms with Gasteiger partial charge in [-0.2, -0.15) is 0 Å². The molecule has 0 amide bonds. The van der Waals surface area contributed by atoms with E-state index in [1.165, 1.54) is 32.1 Å². The highest BCUT2D eigenvalue weighted by Gasteiger charge is 2.13. The van der Waals surface area contributed by atoms with E-state index in [9.17, 15) is 0 Å². The van der Waals surface area contributed by atoms with Crippen molar-refractivity contribution in [3.05, 3.63) is 12.3 Å². The van der Waals surface area contributed by atoms with Gasteiger partial charge in [0.05, 0.1) is 0 Å². The van der Waals surface area contributed by atoms with Crippen molar-refractivity contribution in [2.24, 2.45) is 5.92 Å². The Balaban J connectivity index is 2.28. The average Bonchev–Trinajstić information content (AvgIpc) is 1.92. The lowest BCUT2D eigenvalue weighted by Crippen LogP contribution is -2.08. The van der Waals surface area contributed by atoms with Gasteiger partial charge >= 0.3 is 0 Å². The fraction of sp³-hybridized carbons (Fsp3) is 0.800. The van der Waals surface area contributed by atoms with Crippen molar-refractivity contribution in [1.29, 1.82) is 0 Å². The van der Waals surface area contributed by atoms with Crippen LogP contribution in [0.25, 0.3) is 0 Å². The third-order valence-electron chi connectivity index (χ3n) is 2.62. The van der Waals surface area contributed by atoms with Crippen molar-refractivity contribution in [2.45, 2.75) is 46.0 Å². The van der Waals surface area contributed by atoms with Gasteiger partial charge in [-0.15, -0.1) is 0 Å². The third-order valence-corrected chi connectivity index (χ3v) is 2.62. The van der Waals surface area contributed by atoms with Crippen LogP contribution in [-0.4, -0.2) is 0 Å². The predicted molar refractivity (Wildman–Crippen MR) is 45.5 cm³/mol. The molecule has 58 valence electrons. The number of hydrogen-bond acceptors (Lipinski definition) is 0. The Hall–Kier alpha value is 0. The number of hydrogen-bond donors (Lipinski definition) is 0. The Bertz CT molecular complexity index is 74.0. The molecule has 0 aromatic carbocycles. The maximum Gasteiger partial charge on any atom is -0.0244 e. The second-order valence-corrected chi connectivity index (χ2v) is 3.51. The van der Waals surface area contributed by atoms with E-state index in [0.717, 1.165) is 5.92 Å². The van der Waals surface area contributed by atoms with Crippen LogP contribution >= 0.6 is 0 Å². The van der Waals surface area contributed by atoms with E-state index in [1.807, 2.05) is 0 Å². The van der Waals surface area contributed by atoms with Crippen LogP contribution in [0.4, 0.5) is 0 Å². The third kappa shape index (κ3) is 2.32. The first-order valence-electron chi connectivity index (χ1n) is 4.44. The minimum atomic E-state index is 0.872. The zero-order chi connectivity index (χ0) is 7.40. The largest absolute Gasteiger partial charge is 0.0620 e. The molecular weight excluding hydrogens is 120 g/mol. The molecule has 1 unspecified atom stereocenters. The molecule has 10 heavy (non-hydrogen) atoms. The molecule has 1 aliphatic rings. The van der Waals surface area contributed by atoms with Gasteiger partial charge in [0.2, 0.25) is 0 Å². The Morgan fingerprint density at radius 3 is 3.00 bits per heavy atom. The second kappa shape index (κ2) is 4.00. The molecule has 1 atom stereocenters. The molecular formula is C10H18. The lowest BCUT2D eigenvalue weighted by Gasteiger charge is -2.21. The molecule has 1 saturated carbocycles.